The van der Waals surface area contributed by atoms with E-state index in [0.29, 0.717) is 4.31 Å². The van der Waals surface area contributed by atoms with E-state index in [0.717, 1.165) is 17.0 Å². The van der Waals surface area contributed by atoms with E-state index in [1.165, 1.54) is 36.4 Å². The van der Waals surface area contributed by atoms with Crippen molar-refractivity contribution in [2.45, 2.75) is 4.90 Å². The summed E-state index contributed by atoms with van der Waals surface area (Å²) in [5, 5.41) is 0. The first-order valence-electron chi connectivity index (χ1n) is 8.69. The van der Waals surface area contributed by atoms with E-state index in [4.69, 9.17) is 0 Å². The molecule has 0 fully saturated rings. The smallest absolute Gasteiger partial charge is 0.292 e. The first kappa shape index (κ1) is 18.8. The van der Waals surface area contributed by atoms with E-state index in [1.54, 1.807) is 30.3 Å². The summed E-state index contributed by atoms with van der Waals surface area (Å²) in [5.41, 5.74) is 0.516. The summed E-state index contributed by atoms with van der Waals surface area (Å²) >= 11 is 0. The number of Topliss-reactive ketones (excluding diaryl/α,β-unsaturated/α-hetero) is 1. The van der Waals surface area contributed by atoms with Crippen LogP contribution >= 0.6 is 0 Å². The Hall–Kier alpha value is -3.52. The Balaban J connectivity index is 1.80. The second kappa shape index (κ2) is 7.14. The number of sulfonamides is 1. The molecule has 0 aliphatic carbocycles. The minimum absolute atomic E-state index is 0.0737. The maximum atomic E-state index is 13.2. The molecular formula is C21H15FN2O4S. The third-order valence-electron chi connectivity index (χ3n) is 4.54. The number of carbonyl (C=O) groups excluding carboxylic acids is 2. The van der Waals surface area contributed by atoms with Crippen molar-refractivity contribution in [2.24, 2.45) is 0 Å². The summed E-state index contributed by atoms with van der Waals surface area (Å²) in [4.78, 5) is 26.9. The van der Waals surface area contributed by atoms with Crippen LogP contribution in [0.25, 0.3) is 0 Å². The van der Waals surface area contributed by atoms with Gasteiger partial charge in [0.15, 0.2) is 5.78 Å². The molecule has 0 spiro atoms. The summed E-state index contributed by atoms with van der Waals surface area (Å²) in [7, 11) is -4.14. The molecule has 3 aromatic rings. The quantitative estimate of drug-likeness (QED) is 0.613. The van der Waals surface area contributed by atoms with Crippen molar-refractivity contribution in [3.63, 3.8) is 0 Å². The lowest BCUT2D eigenvalue weighted by atomic mass is 10.1. The van der Waals surface area contributed by atoms with Gasteiger partial charge < -0.3 is 0 Å². The molecule has 6 nitrogen and oxygen atoms in total. The lowest BCUT2D eigenvalue weighted by Crippen LogP contribution is -2.52. The number of amides is 2. The van der Waals surface area contributed by atoms with E-state index >= 15 is 0 Å². The molecule has 0 saturated carbocycles. The van der Waals surface area contributed by atoms with Gasteiger partial charge in [0.2, 0.25) is 0 Å². The van der Waals surface area contributed by atoms with Crippen molar-refractivity contribution in [2.75, 3.05) is 15.7 Å². The first-order chi connectivity index (χ1) is 13.9. The molecule has 0 atom stereocenters. The SMILES string of the molecule is O=C(CN1C(=O)N(c2ccccc2)S(=O)(=O)c2ccccc21)c1ccc(F)cc1. The van der Waals surface area contributed by atoms with Crippen LogP contribution in [-0.4, -0.2) is 26.8 Å². The Bertz CT molecular complexity index is 1190. The van der Waals surface area contributed by atoms with E-state index in [9.17, 15) is 22.4 Å². The fraction of sp³-hybridized carbons (Fsp3) is 0.0476. The van der Waals surface area contributed by atoms with Crippen LogP contribution in [0.2, 0.25) is 0 Å². The molecule has 0 saturated heterocycles. The summed E-state index contributed by atoms with van der Waals surface area (Å²) in [5.74, 6) is -0.928. The highest BCUT2D eigenvalue weighted by Gasteiger charge is 2.42. The Morgan fingerprint density at radius 3 is 2.17 bits per heavy atom. The second-order valence-corrected chi connectivity index (χ2v) is 8.13. The predicted octanol–water partition coefficient (Wildman–Crippen LogP) is 3.84. The molecule has 1 heterocycles. The normalized spacial score (nSPS) is 15.1. The Morgan fingerprint density at radius 2 is 1.48 bits per heavy atom. The van der Waals surface area contributed by atoms with Gasteiger partial charge in [0, 0.05) is 5.56 Å². The molecule has 0 unspecified atom stereocenters. The Morgan fingerprint density at radius 1 is 0.862 bits per heavy atom. The van der Waals surface area contributed by atoms with Crippen LogP contribution in [0.3, 0.4) is 0 Å². The van der Waals surface area contributed by atoms with Crippen molar-refractivity contribution in [3.05, 3.63) is 90.2 Å². The maximum Gasteiger partial charge on any atom is 0.343 e. The third kappa shape index (κ3) is 3.27. The molecule has 1 aliphatic heterocycles. The van der Waals surface area contributed by atoms with Gasteiger partial charge in [-0.3, -0.25) is 9.69 Å². The molecule has 3 aromatic carbocycles. The van der Waals surface area contributed by atoms with Crippen LogP contribution in [0, 0.1) is 5.82 Å². The number of halogens is 1. The molecule has 1 aliphatic rings. The van der Waals surface area contributed by atoms with Crippen molar-refractivity contribution in [1.82, 2.24) is 0 Å². The van der Waals surface area contributed by atoms with Gasteiger partial charge >= 0.3 is 6.03 Å². The molecule has 8 heteroatoms. The fourth-order valence-corrected chi connectivity index (χ4v) is 4.74. The van der Waals surface area contributed by atoms with Crippen molar-refractivity contribution >= 4 is 33.2 Å². The van der Waals surface area contributed by atoms with Crippen LogP contribution in [0.4, 0.5) is 20.6 Å². The zero-order chi connectivity index (χ0) is 20.6. The number of benzene rings is 3. The molecule has 2 amide bonds. The lowest BCUT2D eigenvalue weighted by Gasteiger charge is -2.35. The van der Waals surface area contributed by atoms with Gasteiger partial charge in [0.25, 0.3) is 10.0 Å². The number of ketones is 1. The van der Waals surface area contributed by atoms with Gasteiger partial charge in [0.05, 0.1) is 17.9 Å². The lowest BCUT2D eigenvalue weighted by molar-refractivity contribution is 0.0999. The number of hydrogen-bond donors (Lipinski definition) is 0. The van der Waals surface area contributed by atoms with E-state index in [1.807, 2.05) is 0 Å². The molecular weight excluding hydrogens is 395 g/mol. The van der Waals surface area contributed by atoms with Crippen molar-refractivity contribution in [1.29, 1.82) is 0 Å². The minimum atomic E-state index is -4.14. The van der Waals surface area contributed by atoms with Gasteiger partial charge in [0.1, 0.15) is 10.7 Å². The zero-order valence-corrected chi connectivity index (χ0v) is 15.8. The summed E-state index contributed by atoms with van der Waals surface area (Å²) in [6.07, 6.45) is 0. The number of para-hydroxylation sites is 2. The van der Waals surface area contributed by atoms with Crippen LogP contribution in [0.1, 0.15) is 10.4 Å². The number of fused-ring (bicyclic) bond motifs is 1. The van der Waals surface area contributed by atoms with E-state index in [-0.39, 0.29) is 28.4 Å². The van der Waals surface area contributed by atoms with Crippen molar-refractivity contribution < 1.29 is 22.4 Å². The highest BCUT2D eigenvalue weighted by molar-refractivity contribution is 7.94. The van der Waals surface area contributed by atoms with Gasteiger partial charge in [-0.1, -0.05) is 30.3 Å². The van der Waals surface area contributed by atoms with Gasteiger partial charge in [-0.05, 0) is 48.5 Å². The summed E-state index contributed by atoms with van der Waals surface area (Å²) < 4.78 is 40.0. The number of urea groups is 1. The molecule has 0 aromatic heterocycles. The topological polar surface area (TPSA) is 74.8 Å². The average molecular weight is 410 g/mol. The molecule has 0 N–H and O–H groups in total. The van der Waals surface area contributed by atoms with Crippen LogP contribution in [-0.2, 0) is 10.0 Å². The van der Waals surface area contributed by atoms with Gasteiger partial charge in [-0.15, -0.1) is 0 Å². The molecule has 146 valence electrons. The largest absolute Gasteiger partial charge is 0.343 e. The predicted molar refractivity (Wildman–Crippen MR) is 106 cm³/mol. The number of rotatable bonds is 4. The average Bonchev–Trinajstić information content (AvgIpc) is 2.72. The fourth-order valence-electron chi connectivity index (χ4n) is 3.15. The summed E-state index contributed by atoms with van der Waals surface area (Å²) in [6, 6.07) is 18.1. The molecule has 0 bridgehead atoms. The molecule has 4 rings (SSSR count). The number of carbonyl (C=O) groups is 2. The van der Waals surface area contributed by atoms with E-state index in [2.05, 4.69) is 0 Å². The maximum absolute atomic E-state index is 13.2. The highest BCUT2D eigenvalue weighted by atomic mass is 32.2. The Labute approximate surface area is 166 Å². The van der Waals surface area contributed by atoms with Gasteiger partial charge in [-0.2, -0.15) is 4.31 Å². The first-order valence-corrected chi connectivity index (χ1v) is 10.1. The highest BCUT2D eigenvalue weighted by Crippen LogP contribution is 2.37. The zero-order valence-electron chi connectivity index (χ0n) is 15.0. The van der Waals surface area contributed by atoms with E-state index < -0.39 is 27.7 Å². The molecule has 29 heavy (non-hydrogen) atoms. The summed E-state index contributed by atoms with van der Waals surface area (Å²) in [6.45, 7) is -0.389. The number of hydrogen-bond acceptors (Lipinski definition) is 4. The number of anilines is 2. The van der Waals surface area contributed by atoms with Crippen LogP contribution in [0.15, 0.2) is 83.8 Å². The number of nitrogens with zero attached hydrogens (tertiary/aromatic N) is 2. The van der Waals surface area contributed by atoms with Gasteiger partial charge in [-0.25, -0.2) is 17.6 Å². The second-order valence-electron chi connectivity index (χ2n) is 6.37. The van der Waals surface area contributed by atoms with Crippen molar-refractivity contribution in [3.8, 4) is 0 Å². The monoisotopic (exact) mass is 410 g/mol. The van der Waals surface area contributed by atoms with Crippen LogP contribution in [0.5, 0.6) is 0 Å². The Kier molecular flexibility index (Phi) is 4.63. The standard InChI is InChI=1S/C21H15FN2O4S/c22-16-12-10-15(11-13-16)19(25)14-23-18-8-4-5-9-20(18)29(27,28)24(21(23)26)17-6-2-1-3-7-17/h1-13H,14H2. The molecule has 0 radical (unpaired) electrons. The minimum Gasteiger partial charge on any atom is -0.292 e. The van der Waals surface area contributed by atoms with Crippen LogP contribution < -0.4 is 9.21 Å². The third-order valence-corrected chi connectivity index (χ3v) is 6.29.